The van der Waals surface area contributed by atoms with Gasteiger partial charge in [0.1, 0.15) is 0 Å². The molecule has 1 rings (SSSR count). The Morgan fingerprint density at radius 3 is 2.73 bits per heavy atom. The SMILES string of the molecule is CCc1cccc(I)c1NBr. The highest BCUT2D eigenvalue weighted by Gasteiger charge is 2.01. The van der Waals surface area contributed by atoms with Gasteiger partial charge < -0.3 is 4.34 Å². The lowest BCUT2D eigenvalue weighted by atomic mass is 10.1. The first-order valence-corrected chi connectivity index (χ1v) is 5.30. The van der Waals surface area contributed by atoms with E-state index in [1.165, 1.54) is 14.8 Å². The van der Waals surface area contributed by atoms with Crippen LogP contribution in [-0.2, 0) is 6.42 Å². The summed E-state index contributed by atoms with van der Waals surface area (Å²) >= 11 is 5.56. The molecule has 1 aromatic rings. The molecule has 0 aliphatic carbocycles. The van der Waals surface area contributed by atoms with Gasteiger partial charge in [-0.15, -0.1) is 0 Å². The summed E-state index contributed by atoms with van der Waals surface area (Å²) in [6.07, 6.45) is 1.06. The van der Waals surface area contributed by atoms with Gasteiger partial charge in [-0.2, -0.15) is 0 Å². The van der Waals surface area contributed by atoms with Crippen molar-refractivity contribution in [1.29, 1.82) is 0 Å². The molecule has 0 saturated heterocycles. The third-order valence-corrected chi connectivity index (χ3v) is 2.87. The van der Waals surface area contributed by atoms with E-state index in [0.29, 0.717) is 0 Å². The van der Waals surface area contributed by atoms with Gasteiger partial charge in [-0.05, 0) is 40.6 Å². The zero-order valence-electron chi connectivity index (χ0n) is 6.20. The van der Waals surface area contributed by atoms with Gasteiger partial charge in [0.05, 0.1) is 5.69 Å². The van der Waals surface area contributed by atoms with E-state index in [9.17, 15) is 0 Å². The van der Waals surface area contributed by atoms with Crippen molar-refractivity contribution < 1.29 is 0 Å². The summed E-state index contributed by atoms with van der Waals surface area (Å²) in [5.74, 6) is 0. The van der Waals surface area contributed by atoms with Crippen LogP contribution in [0.5, 0.6) is 0 Å². The molecule has 0 spiro atoms. The first kappa shape index (κ1) is 9.32. The van der Waals surface area contributed by atoms with Crippen molar-refractivity contribution in [2.45, 2.75) is 13.3 Å². The van der Waals surface area contributed by atoms with Crippen LogP contribution in [0.1, 0.15) is 12.5 Å². The maximum Gasteiger partial charge on any atom is 0.0607 e. The van der Waals surface area contributed by atoms with Crippen LogP contribution in [0, 0.1) is 3.57 Å². The molecule has 0 amide bonds. The van der Waals surface area contributed by atoms with E-state index in [1.54, 1.807) is 0 Å². The average molecular weight is 326 g/mol. The predicted octanol–water partition coefficient (Wildman–Crippen LogP) is 3.58. The number of anilines is 1. The Morgan fingerprint density at radius 1 is 1.55 bits per heavy atom. The molecule has 0 atom stereocenters. The summed E-state index contributed by atoms with van der Waals surface area (Å²) < 4.78 is 4.27. The smallest absolute Gasteiger partial charge is 0.0607 e. The summed E-state index contributed by atoms with van der Waals surface area (Å²) in [5.41, 5.74) is 2.53. The van der Waals surface area contributed by atoms with Crippen LogP contribution in [0.2, 0.25) is 0 Å². The lowest BCUT2D eigenvalue weighted by molar-refractivity contribution is 1.14. The predicted molar refractivity (Wildman–Crippen MR) is 61.1 cm³/mol. The van der Waals surface area contributed by atoms with E-state index < -0.39 is 0 Å². The van der Waals surface area contributed by atoms with E-state index in [2.05, 4.69) is 68.2 Å². The number of aryl methyl sites for hydroxylation is 1. The number of hydrogen-bond acceptors (Lipinski definition) is 1. The van der Waals surface area contributed by atoms with E-state index in [-0.39, 0.29) is 0 Å². The highest BCUT2D eigenvalue weighted by Crippen LogP contribution is 2.24. The molecular weight excluding hydrogens is 317 g/mol. The Balaban J connectivity index is 3.13. The van der Waals surface area contributed by atoms with Crippen molar-refractivity contribution in [3.05, 3.63) is 27.3 Å². The quantitative estimate of drug-likeness (QED) is 0.647. The second kappa shape index (κ2) is 4.30. The van der Waals surface area contributed by atoms with Crippen LogP contribution in [-0.4, -0.2) is 0 Å². The van der Waals surface area contributed by atoms with Gasteiger partial charge in [-0.25, -0.2) is 0 Å². The molecule has 0 fully saturated rings. The van der Waals surface area contributed by atoms with Crippen LogP contribution < -0.4 is 4.34 Å². The van der Waals surface area contributed by atoms with Crippen LogP contribution in [0.15, 0.2) is 18.2 Å². The Morgan fingerprint density at radius 2 is 2.27 bits per heavy atom. The van der Waals surface area contributed by atoms with E-state index in [1.807, 2.05) is 0 Å². The molecule has 0 aliphatic rings. The van der Waals surface area contributed by atoms with Gasteiger partial charge in [0.2, 0.25) is 0 Å². The highest BCUT2D eigenvalue weighted by atomic mass is 127. The normalized spacial score (nSPS) is 9.73. The molecule has 0 heterocycles. The summed E-state index contributed by atoms with van der Waals surface area (Å²) in [5, 5.41) is 0. The van der Waals surface area contributed by atoms with Gasteiger partial charge in [0, 0.05) is 19.7 Å². The second-order valence-corrected chi connectivity index (χ2v) is 3.78. The molecule has 0 unspecified atom stereocenters. The van der Waals surface area contributed by atoms with Gasteiger partial charge >= 0.3 is 0 Å². The van der Waals surface area contributed by atoms with Crippen molar-refractivity contribution >= 4 is 44.4 Å². The first-order valence-electron chi connectivity index (χ1n) is 3.43. The van der Waals surface area contributed by atoms with Crippen LogP contribution >= 0.6 is 38.7 Å². The fourth-order valence-electron chi connectivity index (χ4n) is 0.969. The third-order valence-electron chi connectivity index (χ3n) is 1.58. The topological polar surface area (TPSA) is 12.0 Å². The monoisotopic (exact) mass is 325 g/mol. The molecule has 0 aliphatic heterocycles. The minimum atomic E-state index is 1.06. The molecule has 0 saturated carbocycles. The van der Waals surface area contributed by atoms with E-state index in [4.69, 9.17) is 0 Å². The number of nitrogens with one attached hydrogen (secondary N) is 1. The van der Waals surface area contributed by atoms with Crippen molar-refractivity contribution in [2.24, 2.45) is 0 Å². The molecule has 1 aromatic carbocycles. The lowest BCUT2D eigenvalue weighted by Gasteiger charge is -2.06. The molecule has 0 radical (unpaired) electrons. The van der Waals surface area contributed by atoms with E-state index in [0.717, 1.165) is 6.42 Å². The molecule has 0 bridgehead atoms. The maximum absolute atomic E-state index is 3.25. The fraction of sp³-hybridized carbons (Fsp3) is 0.250. The van der Waals surface area contributed by atoms with Gasteiger partial charge in [-0.1, -0.05) is 19.1 Å². The first-order chi connectivity index (χ1) is 5.29. The van der Waals surface area contributed by atoms with Crippen LogP contribution in [0.3, 0.4) is 0 Å². The molecule has 1 N–H and O–H groups in total. The van der Waals surface area contributed by atoms with E-state index >= 15 is 0 Å². The third kappa shape index (κ3) is 2.08. The van der Waals surface area contributed by atoms with Crippen molar-refractivity contribution in [3.63, 3.8) is 0 Å². The number of hydrogen-bond donors (Lipinski definition) is 1. The molecule has 0 aromatic heterocycles. The molecule has 60 valence electrons. The minimum absolute atomic E-state index is 1.06. The fourth-order valence-corrected chi connectivity index (χ4v) is 2.50. The van der Waals surface area contributed by atoms with Gasteiger partial charge in [0.25, 0.3) is 0 Å². The number of benzene rings is 1. The Hall–Kier alpha value is 0.230. The van der Waals surface area contributed by atoms with Gasteiger partial charge in [-0.3, -0.25) is 0 Å². The second-order valence-electron chi connectivity index (χ2n) is 2.22. The number of para-hydroxylation sites is 1. The molecule has 11 heavy (non-hydrogen) atoms. The van der Waals surface area contributed by atoms with Crippen LogP contribution in [0.4, 0.5) is 5.69 Å². The van der Waals surface area contributed by atoms with Crippen molar-refractivity contribution in [3.8, 4) is 0 Å². The summed E-state index contributed by atoms with van der Waals surface area (Å²) in [7, 11) is 0. The lowest BCUT2D eigenvalue weighted by Crippen LogP contribution is -1.91. The number of rotatable bonds is 2. The minimum Gasteiger partial charge on any atom is -0.321 e. The summed E-state index contributed by atoms with van der Waals surface area (Å²) in [6, 6.07) is 6.30. The molecule has 3 heteroatoms. The summed E-state index contributed by atoms with van der Waals surface area (Å²) in [6.45, 7) is 2.15. The zero-order chi connectivity index (χ0) is 8.27. The Labute approximate surface area is 89.1 Å². The zero-order valence-corrected chi connectivity index (χ0v) is 9.94. The molecule has 1 nitrogen and oxygen atoms in total. The highest BCUT2D eigenvalue weighted by molar-refractivity contribution is 14.1. The van der Waals surface area contributed by atoms with Crippen molar-refractivity contribution in [2.75, 3.05) is 4.34 Å². The largest absolute Gasteiger partial charge is 0.321 e. The maximum atomic E-state index is 3.25. The Bertz CT molecular complexity index is 250. The Kier molecular flexibility index (Phi) is 3.65. The average Bonchev–Trinajstić information content (AvgIpc) is 2.04. The number of halogens is 2. The summed E-state index contributed by atoms with van der Waals surface area (Å²) in [4.78, 5) is 0. The molecular formula is C8H9BrIN. The standard InChI is InChI=1S/C8H9BrIN/c1-2-6-4-3-5-7(10)8(6)11-9/h3-5,11H,2H2,1H3. The van der Waals surface area contributed by atoms with Crippen LogP contribution in [0.25, 0.3) is 0 Å². The van der Waals surface area contributed by atoms with Crippen molar-refractivity contribution in [1.82, 2.24) is 0 Å². The van der Waals surface area contributed by atoms with Gasteiger partial charge in [0.15, 0.2) is 0 Å².